The molecule has 0 radical (unpaired) electrons. The minimum absolute atomic E-state index is 0.0931. The number of aromatic hydroxyl groups is 1. The molecule has 1 heterocycles. The molecule has 1 atom stereocenters. The Morgan fingerprint density at radius 1 is 1.39 bits per heavy atom. The van der Waals surface area contributed by atoms with Crippen molar-refractivity contribution < 1.29 is 14.6 Å². The van der Waals surface area contributed by atoms with E-state index in [0.29, 0.717) is 5.75 Å². The molecule has 1 aliphatic rings. The maximum absolute atomic E-state index is 12.5. The molecule has 0 aliphatic carbocycles. The van der Waals surface area contributed by atoms with Crippen molar-refractivity contribution in [2.75, 3.05) is 33.3 Å². The van der Waals surface area contributed by atoms with Crippen molar-refractivity contribution in [2.24, 2.45) is 5.92 Å². The average Bonchev–Trinajstić information content (AvgIpc) is 2.56. The Morgan fingerprint density at radius 3 is 2.74 bits per heavy atom. The molecule has 5 nitrogen and oxygen atoms in total. The number of piperidine rings is 1. The number of methoxy groups -OCH3 is 1. The van der Waals surface area contributed by atoms with Crippen LogP contribution in [0.3, 0.4) is 0 Å². The molecule has 0 bridgehead atoms. The molecule has 2 rings (SSSR count). The summed E-state index contributed by atoms with van der Waals surface area (Å²) in [6.07, 6.45) is 2.01. The van der Waals surface area contributed by atoms with Crippen LogP contribution in [0, 0.1) is 5.92 Å². The molecule has 1 aromatic rings. The molecule has 5 heteroatoms. The van der Waals surface area contributed by atoms with Crippen LogP contribution in [-0.4, -0.2) is 54.1 Å². The van der Waals surface area contributed by atoms with Crippen LogP contribution in [-0.2, 0) is 11.3 Å². The molecule has 1 aromatic carbocycles. The number of nitrogens with zero attached hydrogens (tertiary/aromatic N) is 2. The van der Waals surface area contributed by atoms with E-state index in [1.807, 2.05) is 24.8 Å². The van der Waals surface area contributed by atoms with Gasteiger partial charge in [-0.05, 0) is 50.9 Å². The maximum Gasteiger partial charge on any atom is 0.226 e. The van der Waals surface area contributed by atoms with Gasteiger partial charge < -0.3 is 14.7 Å². The number of hydrogen-bond donors (Lipinski definition) is 1. The number of phenols is 1. The van der Waals surface area contributed by atoms with Crippen LogP contribution in [0.15, 0.2) is 18.2 Å². The lowest BCUT2D eigenvalue weighted by molar-refractivity contribution is -0.137. The van der Waals surface area contributed by atoms with Crippen molar-refractivity contribution in [3.05, 3.63) is 23.8 Å². The third-order valence-electron chi connectivity index (χ3n) is 4.58. The lowest BCUT2D eigenvalue weighted by atomic mass is 9.96. The van der Waals surface area contributed by atoms with Gasteiger partial charge in [0, 0.05) is 26.2 Å². The number of hydrogen-bond acceptors (Lipinski definition) is 4. The maximum atomic E-state index is 12.5. The first kappa shape index (κ1) is 17.6. The number of carbonyl (C=O) groups is 1. The van der Waals surface area contributed by atoms with E-state index in [2.05, 4.69) is 4.90 Å². The molecule has 0 aromatic heterocycles. The Kier molecular flexibility index (Phi) is 6.28. The van der Waals surface area contributed by atoms with Crippen LogP contribution >= 0.6 is 0 Å². The minimum Gasteiger partial charge on any atom is -0.504 e. The quantitative estimate of drug-likeness (QED) is 0.875. The SMILES string of the molecule is CCN(CC)C(=O)[C@H]1CCCN(Cc2ccc(OC)c(O)c2)C1. The van der Waals surface area contributed by atoms with Gasteiger partial charge in [0.1, 0.15) is 0 Å². The van der Waals surface area contributed by atoms with Gasteiger partial charge in [-0.3, -0.25) is 9.69 Å². The zero-order valence-electron chi connectivity index (χ0n) is 14.4. The van der Waals surface area contributed by atoms with Gasteiger partial charge in [-0.1, -0.05) is 6.07 Å². The van der Waals surface area contributed by atoms with E-state index in [4.69, 9.17) is 4.74 Å². The number of benzene rings is 1. The molecule has 0 spiro atoms. The summed E-state index contributed by atoms with van der Waals surface area (Å²) in [7, 11) is 1.54. The fraction of sp³-hybridized carbons (Fsp3) is 0.611. The second kappa shape index (κ2) is 8.20. The van der Waals surface area contributed by atoms with E-state index >= 15 is 0 Å². The number of rotatable bonds is 6. The second-order valence-electron chi connectivity index (χ2n) is 6.09. The highest BCUT2D eigenvalue weighted by molar-refractivity contribution is 5.79. The summed E-state index contributed by atoms with van der Waals surface area (Å²) in [6.45, 7) is 8.15. The standard InChI is InChI=1S/C18H28N2O3/c1-4-20(5-2)18(22)15-7-6-10-19(13-15)12-14-8-9-17(23-3)16(21)11-14/h8-9,11,15,21H,4-7,10,12-13H2,1-3H3/t15-/m0/s1. The normalized spacial score (nSPS) is 18.7. The Hall–Kier alpha value is -1.75. The van der Waals surface area contributed by atoms with E-state index < -0.39 is 0 Å². The highest BCUT2D eigenvalue weighted by Gasteiger charge is 2.28. The highest BCUT2D eigenvalue weighted by atomic mass is 16.5. The van der Waals surface area contributed by atoms with E-state index in [9.17, 15) is 9.90 Å². The molecule has 128 valence electrons. The molecule has 1 fully saturated rings. The Morgan fingerprint density at radius 2 is 2.13 bits per heavy atom. The molecular formula is C18H28N2O3. The van der Waals surface area contributed by atoms with E-state index in [1.54, 1.807) is 19.2 Å². The van der Waals surface area contributed by atoms with Crippen LogP contribution in [0.2, 0.25) is 0 Å². The summed E-state index contributed by atoms with van der Waals surface area (Å²) in [5, 5.41) is 9.89. The molecule has 1 saturated heterocycles. The first-order valence-corrected chi connectivity index (χ1v) is 8.46. The van der Waals surface area contributed by atoms with Gasteiger partial charge in [0.2, 0.25) is 5.91 Å². The molecule has 1 amide bonds. The summed E-state index contributed by atoms with van der Waals surface area (Å²) in [6, 6.07) is 5.50. The van der Waals surface area contributed by atoms with Crippen LogP contribution in [0.4, 0.5) is 0 Å². The van der Waals surface area contributed by atoms with Gasteiger partial charge in [-0.2, -0.15) is 0 Å². The molecule has 23 heavy (non-hydrogen) atoms. The molecule has 0 unspecified atom stereocenters. The van der Waals surface area contributed by atoms with Crippen molar-refractivity contribution in [3.8, 4) is 11.5 Å². The van der Waals surface area contributed by atoms with Crippen molar-refractivity contribution in [3.63, 3.8) is 0 Å². The molecule has 1 aliphatic heterocycles. The van der Waals surface area contributed by atoms with E-state index in [0.717, 1.165) is 51.1 Å². The summed E-state index contributed by atoms with van der Waals surface area (Å²) in [5.41, 5.74) is 1.04. The second-order valence-corrected chi connectivity index (χ2v) is 6.09. The smallest absolute Gasteiger partial charge is 0.226 e. The summed E-state index contributed by atoms with van der Waals surface area (Å²) in [4.78, 5) is 16.8. The van der Waals surface area contributed by atoms with Gasteiger partial charge in [-0.25, -0.2) is 0 Å². The molecular weight excluding hydrogens is 292 g/mol. The fourth-order valence-corrected chi connectivity index (χ4v) is 3.29. The van der Waals surface area contributed by atoms with Crippen LogP contribution in [0.25, 0.3) is 0 Å². The van der Waals surface area contributed by atoms with Gasteiger partial charge >= 0.3 is 0 Å². The number of ether oxygens (including phenoxy) is 1. The van der Waals surface area contributed by atoms with Crippen molar-refractivity contribution in [1.82, 2.24) is 9.80 Å². The van der Waals surface area contributed by atoms with Crippen LogP contribution < -0.4 is 4.74 Å². The zero-order valence-corrected chi connectivity index (χ0v) is 14.4. The van der Waals surface area contributed by atoms with Crippen molar-refractivity contribution in [2.45, 2.75) is 33.2 Å². The molecule has 0 saturated carbocycles. The van der Waals surface area contributed by atoms with Gasteiger partial charge in [0.15, 0.2) is 11.5 Å². The zero-order chi connectivity index (χ0) is 16.8. The van der Waals surface area contributed by atoms with Gasteiger partial charge in [0.25, 0.3) is 0 Å². The highest BCUT2D eigenvalue weighted by Crippen LogP contribution is 2.28. The van der Waals surface area contributed by atoms with Crippen molar-refractivity contribution >= 4 is 5.91 Å². The number of likely N-dealkylation sites (tertiary alicyclic amines) is 1. The predicted octanol–water partition coefficient (Wildman–Crippen LogP) is 2.48. The summed E-state index contributed by atoms with van der Waals surface area (Å²) < 4.78 is 5.08. The lowest BCUT2D eigenvalue weighted by Crippen LogP contribution is -2.44. The third-order valence-corrected chi connectivity index (χ3v) is 4.58. The van der Waals surface area contributed by atoms with Gasteiger partial charge in [0.05, 0.1) is 13.0 Å². The molecule has 1 N–H and O–H groups in total. The number of amides is 1. The average molecular weight is 320 g/mol. The summed E-state index contributed by atoms with van der Waals surface area (Å²) >= 11 is 0. The number of carbonyl (C=O) groups excluding carboxylic acids is 1. The Balaban J connectivity index is 1.98. The predicted molar refractivity (Wildman–Crippen MR) is 90.6 cm³/mol. The fourth-order valence-electron chi connectivity index (χ4n) is 3.29. The Labute approximate surface area is 138 Å². The first-order chi connectivity index (χ1) is 11.1. The van der Waals surface area contributed by atoms with E-state index in [-0.39, 0.29) is 17.6 Å². The minimum atomic E-state index is 0.0931. The van der Waals surface area contributed by atoms with Crippen LogP contribution in [0.5, 0.6) is 11.5 Å². The van der Waals surface area contributed by atoms with E-state index in [1.165, 1.54) is 0 Å². The lowest BCUT2D eigenvalue weighted by Gasteiger charge is -2.34. The van der Waals surface area contributed by atoms with Crippen molar-refractivity contribution in [1.29, 1.82) is 0 Å². The third kappa shape index (κ3) is 4.38. The summed E-state index contributed by atoms with van der Waals surface area (Å²) in [5.74, 6) is 1.02. The Bertz CT molecular complexity index is 529. The largest absolute Gasteiger partial charge is 0.504 e. The van der Waals surface area contributed by atoms with Crippen LogP contribution in [0.1, 0.15) is 32.3 Å². The monoisotopic (exact) mass is 320 g/mol. The topological polar surface area (TPSA) is 53.0 Å². The van der Waals surface area contributed by atoms with Gasteiger partial charge in [-0.15, -0.1) is 0 Å². The first-order valence-electron chi connectivity index (χ1n) is 8.46. The number of phenolic OH excluding ortho intramolecular Hbond substituents is 1.